The van der Waals surface area contributed by atoms with Crippen molar-refractivity contribution in [3.63, 3.8) is 0 Å². The zero-order chi connectivity index (χ0) is 8.81. The molecule has 0 aromatic carbocycles. The largest absolute Gasteiger partial charge is 0.313 e. The molecule has 1 fully saturated rings. The standard InChI is InChI=1S/C10H22N2.2ClH/c1-3-12(4-2)9-10-7-5-6-8-11-10;;/h10-11H,3-9H2,1-2H3;2*1H/t10-;;/m0../s1. The number of likely N-dealkylation sites (N-methyl/N-ethyl adjacent to an activating group) is 1. The third kappa shape index (κ3) is 6.07. The highest BCUT2D eigenvalue weighted by Crippen LogP contribution is 2.07. The van der Waals surface area contributed by atoms with E-state index in [0.717, 1.165) is 6.04 Å². The van der Waals surface area contributed by atoms with E-state index in [1.807, 2.05) is 0 Å². The fourth-order valence-electron chi connectivity index (χ4n) is 1.87. The van der Waals surface area contributed by atoms with Gasteiger partial charge in [-0.25, -0.2) is 0 Å². The highest BCUT2D eigenvalue weighted by atomic mass is 35.5. The van der Waals surface area contributed by atoms with Crippen LogP contribution in [0.2, 0.25) is 0 Å². The van der Waals surface area contributed by atoms with E-state index in [1.54, 1.807) is 0 Å². The van der Waals surface area contributed by atoms with Gasteiger partial charge in [0.2, 0.25) is 0 Å². The third-order valence-electron chi connectivity index (χ3n) is 2.79. The van der Waals surface area contributed by atoms with Gasteiger partial charge in [-0.2, -0.15) is 0 Å². The van der Waals surface area contributed by atoms with Crippen LogP contribution in [-0.2, 0) is 0 Å². The number of nitrogens with one attached hydrogen (secondary N) is 1. The first-order chi connectivity index (χ1) is 5.86. The van der Waals surface area contributed by atoms with Gasteiger partial charge in [-0.1, -0.05) is 20.3 Å². The molecule has 0 saturated carbocycles. The van der Waals surface area contributed by atoms with Crippen LogP contribution in [0.25, 0.3) is 0 Å². The number of halogens is 2. The molecule has 0 amide bonds. The smallest absolute Gasteiger partial charge is 0.0195 e. The maximum atomic E-state index is 3.58. The molecule has 0 bridgehead atoms. The molecule has 0 aliphatic carbocycles. The summed E-state index contributed by atoms with van der Waals surface area (Å²) >= 11 is 0. The Labute approximate surface area is 101 Å². The summed E-state index contributed by atoms with van der Waals surface area (Å²) in [4.78, 5) is 2.50. The lowest BCUT2D eigenvalue weighted by molar-refractivity contribution is 0.243. The maximum absolute atomic E-state index is 3.58. The van der Waals surface area contributed by atoms with Crippen molar-refractivity contribution in [2.24, 2.45) is 0 Å². The van der Waals surface area contributed by atoms with Crippen LogP contribution in [0, 0.1) is 0 Å². The second-order valence-corrected chi connectivity index (χ2v) is 3.63. The Kier molecular flexibility index (Phi) is 12.1. The van der Waals surface area contributed by atoms with Crippen molar-refractivity contribution in [1.29, 1.82) is 0 Å². The summed E-state index contributed by atoms with van der Waals surface area (Å²) in [6.45, 7) is 9.33. The van der Waals surface area contributed by atoms with Gasteiger partial charge in [0, 0.05) is 12.6 Å². The van der Waals surface area contributed by atoms with E-state index in [4.69, 9.17) is 0 Å². The summed E-state index contributed by atoms with van der Waals surface area (Å²) in [5, 5.41) is 3.58. The molecule has 0 spiro atoms. The molecular weight excluding hydrogens is 219 g/mol. The van der Waals surface area contributed by atoms with Gasteiger partial charge in [-0.3, -0.25) is 0 Å². The second kappa shape index (κ2) is 10.0. The normalized spacial score (nSPS) is 21.2. The van der Waals surface area contributed by atoms with Gasteiger partial charge >= 0.3 is 0 Å². The first kappa shape index (κ1) is 16.9. The van der Waals surface area contributed by atoms with Crippen LogP contribution >= 0.6 is 24.8 Å². The highest BCUT2D eigenvalue weighted by molar-refractivity contribution is 5.85. The molecule has 4 heteroatoms. The second-order valence-electron chi connectivity index (χ2n) is 3.63. The Hall–Kier alpha value is 0.500. The Balaban J connectivity index is 0. The summed E-state index contributed by atoms with van der Waals surface area (Å²) in [5.41, 5.74) is 0. The van der Waals surface area contributed by atoms with Crippen LogP contribution in [0.3, 0.4) is 0 Å². The van der Waals surface area contributed by atoms with Gasteiger partial charge in [-0.15, -0.1) is 24.8 Å². The van der Waals surface area contributed by atoms with E-state index in [2.05, 4.69) is 24.1 Å². The fourth-order valence-corrected chi connectivity index (χ4v) is 1.87. The van der Waals surface area contributed by atoms with Gasteiger partial charge < -0.3 is 10.2 Å². The number of hydrogen-bond acceptors (Lipinski definition) is 2. The predicted octanol–water partition coefficient (Wildman–Crippen LogP) is 2.31. The predicted molar refractivity (Wildman–Crippen MR) is 67.9 cm³/mol. The minimum absolute atomic E-state index is 0. The molecular formula is C10H24Cl2N2. The minimum atomic E-state index is 0. The monoisotopic (exact) mass is 242 g/mol. The molecule has 0 unspecified atom stereocenters. The maximum Gasteiger partial charge on any atom is 0.0195 e. The van der Waals surface area contributed by atoms with Crippen molar-refractivity contribution in [3.8, 4) is 0 Å². The van der Waals surface area contributed by atoms with E-state index in [0.29, 0.717) is 0 Å². The summed E-state index contributed by atoms with van der Waals surface area (Å²) in [7, 11) is 0. The molecule has 1 aliphatic rings. The number of hydrogen-bond donors (Lipinski definition) is 1. The van der Waals surface area contributed by atoms with E-state index in [-0.39, 0.29) is 24.8 Å². The SMILES string of the molecule is CCN(CC)C[C@@H]1CCCCN1.Cl.Cl. The highest BCUT2D eigenvalue weighted by Gasteiger charge is 2.14. The molecule has 1 rings (SSSR count). The van der Waals surface area contributed by atoms with E-state index >= 15 is 0 Å². The molecule has 88 valence electrons. The molecule has 1 aliphatic heterocycles. The Morgan fingerprint density at radius 1 is 1.14 bits per heavy atom. The molecule has 1 N–H and O–H groups in total. The first-order valence-corrected chi connectivity index (χ1v) is 5.32. The van der Waals surface area contributed by atoms with Gasteiger partial charge in [0.1, 0.15) is 0 Å². The van der Waals surface area contributed by atoms with Crippen LogP contribution in [0.5, 0.6) is 0 Å². The molecule has 0 aromatic heterocycles. The van der Waals surface area contributed by atoms with E-state index in [9.17, 15) is 0 Å². The summed E-state index contributed by atoms with van der Waals surface area (Å²) in [6.07, 6.45) is 4.16. The summed E-state index contributed by atoms with van der Waals surface area (Å²) < 4.78 is 0. The van der Waals surface area contributed by atoms with Crippen molar-refractivity contribution < 1.29 is 0 Å². The van der Waals surface area contributed by atoms with Crippen LogP contribution in [0.4, 0.5) is 0 Å². The lowest BCUT2D eigenvalue weighted by Gasteiger charge is -2.29. The van der Waals surface area contributed by atoms with Crippen LogP contribution in [-0.4, -0.2) is 37.1 Å². The number of rotatable bonds is 4. The minimum Gasteiger partial charge on any atom is -0.313 e. The van der Waals surface area contributed by atoms with Gasteiger partial charge in [0.25, 0.3) is 0 Å². The molecule has 14 heavy (non-hydrogen) atoms. The van der Waals surface area contributed by atoms with Crippen LogP contribution in [0.15, 0.2) is 0 Å². The van der Waals surface area contributed by atoms with Crippen molar-refractivity contribution in [3.05, 3.63) is 0 Å². The summed E-state index contributed by atoms with van der Waals surface area (Å²) in [6, 6.07) is 0.763. The Morgan fingerprint density at radius 2 is 1.79 bits per heavy atom. The molecule has 2 nitrogen and oxygen atoms in total. The Bertz CT molecular complexity index is 113. The van der Waals surface area contributed by atoms with E-state index < -0.39 is 0 Å². The van der Waals surface area contributed by atoms with Crippen molar-refractivity contribution in [1.82, 2.24) is 10.2 Å². The lowest BCUT2D eigenvalue weighted by atomic mass is 10.0. The number of piperidine rings is 1. The van der Waals surface area contributed by atoms with Crippen molar-refractivity contribution >= 4 is 24.8 Å². The zero-order valence-electron chi connectivity index (χ0n) is 9.29. The summed E-state index contributed by atoms with van der Waals surface area (Å²) in [5.74, 6) is 0. The quantitative estimate of drug-likeness (QED) is 0.815. The van der Waals surface area contributed by atoms with Crippen LogP contribution in [0.1, 0.15) is 33.1 Å². The average Bonchev–Trinajstić information content (AvgIpc) is 2.16. The van der Waals surface area contributed by atoms with Gasteiger partial charge in [-0.05, 0) is 32.5 Å². The third-order valence-corrected chi connectivity index (χ3v) is 2.79. The first-order valence-electron chi connectivity index (χ1n) is 5.32. The van der Waals surface area contributed by atoms with Gasteiger partial charge in [0.15, 0.2) is 0 Å². The molecule has 0 radical (unpaired) electrons. The zero-order valence-corrected chi connectivity index (χ0v) is 10.9. The molecule has 1 atom stereocenters. The fraction of sp³-hybridized carbons (Fsp3) is 1.00. The van der Waals surface area contributed by atoms with E-state index in [1.165, 1.54) is 45.4 Å². The molecule has 1 heterocycles. The van der Waals surface area contributed by atoms with Crippen LogP contribution < -0.4 is 5.32 Å². The Morgan fingerprint density at radius 3 is 2.21 bits per heavy atom. The average molecular weight is 243 g/mol. The van der Waals surface area contributed by atoms with Crippen molar-refractivity contribution in [2.45, 2.75) is 39.2 Å². The number of nitrogens with zero attached hydrogens (tertiary/aromatic N) is 1. The van der Waals surface area contributed by atoms with Crippen molar-refractivity contribution in [2.75, 3.05) is 26.2 Å². The lowest BCUT2D eigenvalue weighted by Crippen LogP contribution is -2.43. The topological polar surface area (TPSA) is 15.3 Å². The molecule has 0 aromatic rings. The van der Waals surface area contributed by atoms with Gasteiger partial charge in [0.05, 0.1) is 0 Å². The molecule has 1 saturated heterocycles.